The van der Waals surface area contributed by atoms with Crippen LogP contribution in [0.15, 0.2) is 24.3 Å². The van der Waals surface area contributed by atoms with E-state index in [2.05, 4.69) is 45.3 Å². The topological polar surface area (TPSA) is 12.0 Å². The van der Waals surface area contributed by atoms with Crippen molar-refractivity contribution in [3.05, 3.63) is 34.9 Å². The molecule has 0 spiro atoms. The SMILES string of the molecule is CNC1C(C)C(c2ccc(Cl)cc2)C1(C)C. The Balaban J connectivity index is 2.26. The molecule has 3 atom stereocenters. The maximum absolute atomic E-state index is 5.93. The molecule has 0 aromatic heterocycles. The van der Waals surface area contributed by atoms with Gasteiger partial charge >= 0.3 is 0 Å². The first-order valence-corrected chi connectivity index (χ1v) is 6.29. The summed E-state index contributed by atoms with van der Waals surface area (Å²) in [4.78, 5) is 0. The monoisotopic (exact) mass is 237 g/mol. The summed E-state index contributed by atoms with van der Waals surface area (Å²) in [6, 6.07) is 8.92. The van der Waals surface area contributed by atoms with Gasteiger partial charge in [0.2, 0.25) is 0 Å². The zero-order chi connectivity index (χ0) is 11.9. The van der Waals surface area contributed by atoms with Crippen molar-refractivity contribution in [2.45, 2.75) is 32.7 Å². The van der Waals surface area contributed by atoms with Crippen LogP contribution in [0.25, 0.3) is 0 Å². The summed E-state index contributed by atoms with van der Waals surface area (Å²) in [5, 5.41) is 4.24. The predicted octanol–water partition coefficient (Wildman–Crippen LogP) is 3.69. The van der Waals surface area contributed by atoms with Crippen molar-refractivity contribution in [2.75, 3.05) is 7.05 Å². The van der Waals surface area contributed by atoms with E-state index in [1.165, 1.54) is 5.56 Å². The molecular formula is C14H20ClN. The van der Waals surface area contributed by atoms with Crippen molar-refractivity contribution in [1.29, 1.82) is 0 Å². The number of hydrogen-bond donors (Lipinski definition) is 1. The molecule has 3 unspecified atom stereocenters. The Bertz CT molecular complexity index is 369. The van der Waals surface area contributed by atoms with Crippen molar-refractivity contribution in [1.82, 2.24) is 5.32 Å². The molecule has 1 aromatic carbocycles. The van der Waals surface area contributed by atoms with E-state index in [-0.39, 0.29) is 0 Å². The standard InChI is InChI=1S/C14H20ClN/c1-9-12(14(2,3)13(9)16-4)10-5-7-11(15)8-6-10/h5-9,12-13,16H,1-4H3. The van der Waals surface area contributed by atoms with E-state index >= 15 is 0 Å². The van der Waals surface area contributed by atoms with Gasteiger partial charge in [-0.15, -0.1) is 0 Å². The minimum absolute atomic E-state index is 0.321. The van der Waals surface area contributed by atoms with E-state index in [0.717, 1.165) is 5.02 Å². The van der Waals surface area contributed by atoms with Crippen molar-refractivity contribution in [3.63, 3.8) is 0 Å². The molecule has 1 aliphatic carbocycles. The summed E-state index contributed by atoms with van der Waals surface area (Å²) in [6.07, 6.45) is 0. The van der Waals surface area contributed by atoms with Gasteiger partial charge in [0.15, 0.2) is 0 Å². The summed E-state index contributed by atoms with van der Waals surface area (Å²) in [5.41, 5.74) is 1.73. The van der Waals surface area contributed by atoms with Gasteiger partial charge in [-0.1, -0.05) is 44.5 Å². The van der Waals surface area contributed by atoms with Gasteiger partial charge in [-0.25, -0.2) is 0 Å². The summed E-state index contributed by atoms with van der Waals surface area (Å²) >= 11 is 5.93. The minimum Gasteiger partial charge on any atom is -0.316 e. The Morgan fingerprint density at radius 3 is 2.19 bits per heavy atom. The Hall–Kier alpha value is -0.530. The summed E-state index contributed by atoms with van der Waals surface area (Å²) in [7, 11) is 2.06. The summed E-state index contributed by atoms with van der Waals surface area (Å²) < 4.78 is 0. The Morgan fingerprint density at radius 1 is 1.19 bits per heavy atom. The fourth-order valence-corrected chi connectivity index (χ4v) is 3.79. The van der Waals surface area contributed by atoms with Crippen molar-refractivity contribution in [3.8, 4) is 0 Å². The predicted molar refractivity (Wildman–Crippen MR) is 70.0 cm³/mol. The molecule has 2 heteroatoms. The van der Waals surface area contributed by atoms with Crippen LogP contribution in [0, 0.1) is 11.3 Å². The van der Waals surface area contributed by atoms with Crippen LogP contribution in [0.2, 0.25) is 5.02 Å². The van der Waals surface area contributed by atoms with Gasteiger partial charge in [0.25, 0.3) is 0 Å². The molecule has 1 N–H and O–H groups in total. The lowest BCUT2D eigenvalue weighted by molar-refractivity contribution is 0.00509. The first kappa shape index (κ1) is 11.9. The molecule has 1 fully saturated rings. The van der Waals surface area contributed by atoms with Crippen LogP contribution >= 0.6 is 11.6 Å². The van der Waals surface area contributed by atoms with Gasteiger partial charge in [0.05, 0.1) is 0 Å². The number of rotatable bonds is 2. The normalized spacial score (nSPS) is 32.2. The van der Waals surface area contributed by atoms with Crippen molar-refractivity contribution in [2.24, 2.45) is 11.3 Å². The second-order valence-electron chi connectivity index (χ2n) is 5.48. The van der Waals surface area contributed by atoms with Crippen LogP contribution in [0.4, 0.5) is 0 Å². The first-order valence-electron chi connectivity index (χ1n) is 5.91. The lowest BCUT2D eigenvalue weighted by atomic mass is 9.50. The highest BCUT2D eigenvalue weighted by Gasteiger charge is 2.53. The van der Waals surface area contributed by atoms with E-state index < -0.39 is 0 Å². The average molecular weight is 238 g/mol. The molecule has 0 amide bonds. The second-order valence-corrected chi connectivity index (χ2v) is 5.91. The van der Waals surface area contributed by atoms with Gasteiger partial charge in [-0.2, -0.15) is 0 Å². The molecule has 1 aromatic rings. The van der Waals surface area contributed by atoms with Gasteiger partial charge in [-0.05, 0) is 42.0 Å². The third-order valence-electron chi connectivity index (χ3n) is 4.19. The van der Waals surface area contributed by atoms with Crippen LogP contribution < -0.4 is 5.32 Å². The van der Waals surface area contributed by atoms with Crippen molar-refractivity contribution < 1.29 is 0 Å². The van der Waals surface area contributed by atoms with Gasteiger partial charge in [0.1, 0.15) is 0 Å². The van der Waals surface area contributed by atoms with Crippen LogP contribution in [-0.4, -0.2) is 13.1 Å². The molecule has 0 saturated heterocycles. The molecule has 0 heterocycles. The largest absolute Gasteiger partial charge is 0.316 e. The highest BCUT2D eigenvalue weighted by atomic mass is 35.5. The summed E-state index contributed by atoms with van der Waals surface area (Å²) in [5.74, 6) is 1.31. The number of halogens is 1. The van der Waals surface area contributed by atoms with Crippen LogP contribution in [0.5, 0.6) is 0 Å². The zero-order valence-electron chi connectivity index (χ0n) is 10.4. The summed E-state index contributed by atoms with van der Waals surface area (Å²) in [6.45, 7) is 7.01. The van der Waals surface area contributed by atoms with E-state index in [9.17, 15) is 0 Å². The molecule has 1 nitrogen and oxygen atoms in total. The van der Waals surface area contributed by atoms with Crippen molar-refractivity contribution >= 4 is 11.6 Å². The lowest BCUT2D eigenvalue weighted by Crippen LogP contribution is -2.60. The van der Waals surface area contributed by atoms with Gasteiger partial charge < -0.3 is 5.32 Å². The highest BCUT2D eigenvalue weighted by Crippen LogP contribution is 2.56. The smallest absolute Gasteiger partial charge is 0.0406 e. The quantitative estimate of drug-likeness (QED) is 0.828. The molecule has 1 saturated carbocycles. The van der Waals surface area contributed by atoms with E-state index in [0.29, 0.717) is 23.3 Å². The third-order valence-corrected chi connectivity index (χ3v) is 4.45. The maximum Gasteiger partial charge on any atom is 0.0406 e. The number of benzene rings is 1. The second kappa shape index (κ2) is 4.05. The molecular weight excluding hydrogens is 218 g/mol. The molecule has 0 aliphatic heterocycles. The Labute approximate surface area is 103 Å². The third kappa shape index (κ3) is 1.66. The lowest BCUT2D eigenvalue weighted by Gasteiger charge is -2.58. The van der Waals surface area contributed by atoms with E-state index in [1.54, 1.807) is 0 Å². The number of hydrogen-bond acceptors (Lipinski definition) is 1. The average Bonchev–Trinajstić information content (AvgIpc) is 2.21. The maximum atomic E-state index is 5.93. The van der Waals surface area contributed by atoms with Gasteiger partial charge in [-0.3, -0.25) is 0 Å². The molecule has 2 rings (SSSR count). The zero-order valence-corrected chi connectivity index (χ0v) is 11.2. The number of nitrogens with one attached hydrogen (secondary N) is 1. The molecule has 0 radical (unpaired) electrons. The Morgan fingerprint density at radius 2 is 1.75 bits per heavy atom. The fraction of sp³-hybridized carbons (Fsp3) is 0.571. The van der Waals surface area contributed by atoms with Crippen LogP contribution in [0.1, 0.15) is 32.3 Å². The minimum atomic E-state index is 0.321. The van der Waals surface area contributed by atoms with Crippen LogP contribution in [-0.2, 0) is 0 Å². The van der Waals surface area contributed by atoms with Gasteiger partial charge in [0, 0.05) is 11.1 Å². The fourth-order valence-electron chi connectivity index (χ4n) is 3.66. The molecule has 0 bridgehead atoms. The van der Waals surface area contributed by atoms with E-state index in [1.807, 2.05) is 12.1 Å². The molecule has 1 aliphatic rings. The molecule has 88 valence electrons. The van der Waals surface area contributed by atoms with E-state index in [4.69, 9.17) is 11.6 Å². The highest BCUT2D eigenvalue weighted by molar-refractivity contribution is 6.30. The molecule has 16 heavy (non-hydrogen) atoms. The first-order chi connectivity index (χ1) is 7.48. The van der Waals surface area contributed by atoms with Crippen LogP contribution in [0.3, 0.4) is 0 Å². The Kier molecular flexibility index (Phi) is 3.02.